The molecular formula is C8H8N4OS. The quantitative estimate of drug-likeness (QED) is 0.571. The van der Waals surface area contributed by atoms with Crippen LogP contribution >= 0.6 is 12.2 Å². The van der Waals surface area contributed by atoms with E-state index in [9.17, 15) is 4.79 Å². The van der Waals surface area contributed by atoms with Gasteiger partial charge in [-0.15, -0.1) is 6.58 Å². The van der Waals surface area contributed by atoms with Crippen LogP contribution in [0.4, 0.5) is 0 Å². The van der Waals surface area contributed by atoms with Crippen molar-refractivity contribution in [1.29, 1.82) is 0 Å². The Morgan fingerprint density at radius 1 is 1.71 bits per heavy atom. The van der Waals surface area contributed by atoms with E-state index in [2.05, 4.69) is 21.8 Å². The summed E-state index contributed by atoms with van der Waals surface area (Å²) in [6, 6.07) is 0. The highest BCUT2D eigenvalue weighted by Crippen LogP contribution is 2.00. The van der Waals surface area contributed by atoms with Gasteiger partial charge in [-0.3, -0.25) is 14.5 Å². The van der Waals surface area contributed by atoms with Gasteiger partial charge in [-0.2, -0.15) is 5.10 Å². The number of nitrogens with one attached hydrogen (secondary N) is 2. The number of fused-ring (bicyclic) bond motifs is 1. The van der Waals surface area contributed by atoms with Gasteiger partial charge in [-0.05, 0) is 12.2 Å². The Kier molecular flexibility index (Phi) is 2.05. The smallest absolute Gasteiger partial charge is 0.265 e. The van der Waals surface area contributed by atoms with Crippen molar-refractivity contribution < 1.29 is 0 Å². The second-order valence-corrected chi connectivity index (χ2v) is 3.18. The van der Waals surface area contributed by atoms with Crippen LogP contribution in [0.3, 0.4) is 0 Å². The second-order valence-electron chi connectivity index (χ2n) is 2.79. The fourth-order valence-electron chi connectivity index (χ4n) is 1.25. The van der Waals surface area contributed by atoms with Gasteiger partial charge in [0.1, 0.15) is 11.0 Å². The molecule has 0 aliphatic rings. The minimum absolute atomic E-state index is 0.155. The van der Waals surface area contributed by atoms with E-state index in [4.69, 9.17) is 12.2 Å². The van der Waals surface area contributed by atoms with E-state index in [1.165, 1.54) is 10.8 Å². The predicted molar refractivity (Wildman–Crippen MR) is 55.7 cm³/mol. The fraction of sp³-hybridized carbons (Fsp3) is 0.125. The van der Waals surface area contributed by atoms with Crippen LogP contribution in [-0.4, -0.2) is 19.7 Å². The molecule has 0 aliphatic heterocycles. The zero-order valence-electron chi connectivity index (χ0n) is 7.28. The Bertz CT molecular complexity index is 591. The molecule has 2 aromatic rings. The summed E-state index contributed by atoms with van der Waals surface area (Å²) in [7, 11) is 0. The molecule has 0 fully saturated rings. The van der Waals surface area contributed by atoms with Gasteiger partial charge >= 0.3 is 0 Å². The van der Waals surface area contributed by atoms with Gasteiger partial charge in [-0.1, -0.05) is 6.08 Å². The molecule has 2 N–H and O–H groups in total. The average molecular weight is 208 g/mol. The Hall–Kier alpha value is -1.69. The molecular weight excluding hydrogens is 200 g/mol. The van der Waals surface area contributed by atoms with Gasteiger partial charge in [0, 0.05) is 6.54 Å². The summed E-state index contributed by atoms with van der Waals surface area (Å²) in [6.45, 7) is 3.96. The highest BCUT2D eigenvalue weighted by molar-refractivity contribution is 7.71. The van der Waals surface area contributed by atoms with Crippen molar-refractivity contribution in [2.24, 2.45) is 0 Å². The van der Waals surface area contributed by atoms with Crippen LogP contribution in [0.25, 0.3) is 11.0 Å². The van der Waals surface area contributed by atoms with E-state index < -0.39 is 0 Å². The second kappa shape index (κ2) is 3.22. The number of aromatic nitrogens is 4. The first-order valence-electron chi connectivity index (χ1n) is 4.01. The molecule has 0 atom stereocenters. The zero-order valence-corrected chi connectivity index (χ0v) is 8.10. The number of rotatable bonds is 2. The van der Waals surface area contributed by atoms with Gasteiger partial charge in [0.2, 0.25) is 0 Å². The van der Waals surface area contributed by atoms with Gasteiger partial charge in [0.05, 0.1) is 6.20 Å². The summed E-state index contributed by atoms with van der Waals surface area (Å²) < 4.78 is 1.80. The Morgan fingerprint density at radius 2 is 2.50 bits per heavy atom. The first-order valence-corrected chi connectivity index (χ1v) is 4.42. The maximum Gasteiger partial charge on any atom is 0.265 e. The molecule has 0 saturated heterocycles. The molecule has 72 valence electrons. The van der Waals surface area contributed by atoms with E-state index >= 15 is 0 Å². The standard InChI is InChI=1S/C8H8N4OS/c1-2-3-12-7(13)5-4-9-11-6(5)10-8(12)14/h2,4H,1,3H2,(H2,9,10,11,14). The molecule has 2 rings (SSSR count). The summed E-state index contributed by atoms with van der Waals surface area (Å²) in [5.41, 5.74) is 0.401. The number of hydrogen-bond donors (Lipinski definition) is 2. The Balaban J connectivity index is 2.89. The highest BCUT2D eigenvalue weighted by Gasteiger charge is 2.04. The summed E-state index contributed by atoms with van der Waals surface area (Å²) in [5.74, 6) is 0. The number of hydrogen-bond acceptors (Lipinski definition) is 3. The van der Waals surface area contributed by atoms with Crippen LogP contribution in [0.2, 0.25) is 0 Å². The van der Waals surface area contributed by atoms with E-state index in [1.807, 2.05) is 0 Å². The topological polar surface area (TPSA) is 66.5 Å². The number of H-pyrrole nitrogens is 2. The largest absolute Gasteiger partial charge is 0.317 e. The molecule has 5 nitrogen and oxygen atoms in total. The molecule has 2 aromatic heterocycles. The lowest BCUT2D eigenvalue weighted by atomic mass is 10.4. The minimum atomic E-state index is -0.155. The lowest BCUT2D eigenvalue weighted by Crippen LogP contribution is -2.20. The lowest BCUT2D eigenvalue weighted by molar-refractivity contribution is 0.752. The minimum Gasteiger partial charge on any atom is -0.317 e. The van der Waals surface area contributed by atoms with E-state index in [1.54, 1.807) is 6.08 Å². The van der Waals surface area contributed by atoms with Crippen LogP contribution in [-0.2, 0) is 6.54 Å². The van der Waals surface area contributed by atoms with Crippen molar-refractivity contribution in [1.82, 2.24) is 19.7 Å². The van der Waals surface area contributed by atoms with Gasteiger partial charge in [0.15, 0.2) is 4.77 Å². The molecule has 0 unspecified atom stereocenters. The molecule has 0 aliphatic carbocycles. The molecule has 0 aromatic carbocycles. The normalized spacial score (nSPS) is 10.6. The molecule has 0 amide bonds. The molecule has 0 spiro atoms. The van der Waals surface area contributed by atoms with Crippen molar-refractivity contribution in [2.75, 3.05) is 0 Å². The average Bonchev–Trinajstić information content (AvgIpc) is 2.60. The van der Waals surface area contributed by atoms with Crippen molar-refractivity contribution in [3.8, 4) is 0 Å². The van der Waals surface area contributed by atoms with E-state index in [0.29, 0.717) is 22.3 Å². The summed E-state index contributed by atoms with van der Waals surface area (Å²) in [6.07, 6.45) is 3.10. The summed E-state index contributed by atoms with van der Waals surface area (Å²) in [4.78, 5) is 14.6. The summed E-state index contributed by atoms with van der Waals surface area (Å²) >= 11 is 5.01. The van der Waals surface area contributed by atoms with Crippen LogP contribution in [0, 0.1) is 4.77 Å². The highest BCUT2D eigenvalue weighted by atomic mass is 32.1. The SMILES string of the molecule is C=CCn1c(=S)[nH]c2[nH]ncc2c1=O. The first kappa shape index (κ1) is 8.89. The Morgan fingerprint density at radius 3 is 3.21 bits per heavy atom. The molecule has 2 heterocycles. The number of aromatic amines is 2. The summed E-state index contributed by atoms with van der Waals surface area (Å²) in [5, 5.41) is 6.92. The lowest BCUT2D eigenvalue weighted by Gasteiger charge is -2.01. The third-order valence-corrected chi connectivity index (χ3v) is 2.23. The van der Waals surface area contributed by atoms with Gasteiger partial charge in [-0.25, -0.2) is 0 Å². The van der Waals surface area contributed by atoms with Crippen molar-refractivity contribution in [3.05, 3.63) is 34.0 Å². The van der Waals surface area contributed by atoms with Crippen molar-refractivity contribution >= 4 is 23.3 Å². The van der Waals surface area contributed by atoms with E-state index in [-0.39, 0.29) is 5.56 Å². The van der Waals surface area contributed by atoms with Gasteiger partial charge < -0.3 is 4.98 Å². The predicted octanol–water partition coefficient (Wildman–Crippen LogP) is 0.968. The van der Waals surface area contributed by atoms with Crippen LogP contribution in [0.5, 0.6) is 0 Å². The third-order valence-electron chi connectivity index (χ3n) is 1.90. The maximum absolute atomic E-state index is 11.8. The molecule has 0 radical (unpaired) electrons. The van der Waals surface area contributed by atoms with Crippen LogP contribution in [0.15, 0.2) is 23.6 Å². The first-order chi connectivity index (χ1) is 6.74. The third kappa shape index (κ3) is 1.20. The maximum atomic E-state index is 11.8. The van der Waals surface area contributed by atoms with Crippen molar-refractivity contribution in [2.45, 2.75) is 6.54 Å². The van der Waals surface area contributed by atoms with Crippen molar-refractivity contribution in [3.63, 3.8) is 0 Å². The fourth-order valence-corrected chi connectivity index (χ4v) is 1.51. The van der Waals surface area contributed by atoms with E-state index in [0.717, 1.165) is 0 Å². The van der Waals surface area contributed by atoms with Crippen LogP contribution in [0.1, 0.15) is 0 Å². The molecule has 0 saturated carbocycles. The Labute approximate surface area is 84.1 Å². The monoisotopic (exact) mass is 208 g/mol. The zero-order chi connectivity index (χ0) is 10.1. The molecule has 14 heavy (non-hydrogen) atoms. The number of nitrogens with zero attached hydrogens (tertiary/aromatic N) is 2. The molecule has 0 bridgehead atoms. The van der Waals surface area contributed by atoms with Gasteiger partial charge in [0.25, 0.3) is 5.56 Å². The van der Waals surface area contributed by atoms with Crippen LogP contribution < -0.4 is 5.56 Å². The molecule has 6 heteroatoms. The number of allylic oxidation sites excluding steroid dienone is 1.